The molecule has 1 amide bonds. The largest absolute Gasteiger partial charge is 0.328 e. The Balaban J connectivity index is 1.78. The number of anilines is 2. The van der Waals surface area contributed by atoms with E-state index in [-0.39, 0.29) is 5.91 Å². The summed E-state index contributed by atoms with van der Waals surface area (Å²) in [6, 6.07) is 13.9. The van der Waals surface area contributed by atoms with Crippen LogP contribution in [0.3, 0.4) is 0 Å². The molecule has 1 aliphatic rings. The van der Waals surface area contributed by atoms with Gasteiger partial charge in [-0.15, -0.1) is 0 Å². The van der Waals surface area contributed by atoms with E-state index in [1.165, 1.54) is 6.33 Å². The minimum Gasteiger partial charge on any atom is -0.328 e. The first-order valence-electron chi connectivity index (χ1n) is 8.21. The molecule has 0 saturated carbocycles. The maximum Gasteiger partial charge on any atom is 0.235 e. The van der Waals surface area contributed by atoms with E-state index in [2.05, 4.69) is 27.3 Å². The van der Waals surface area contributed by atoms with Gasteiger partial charge in [0.15, 0.2) is 0 Å². The molecule has 2 aromatic carbocycles. The Bertz CT molecular complexity index is 1020. The smallest absolute Gasteiger partial charge is 0.235 e. The van der Waals surface area contributed by atoms with E-state index in [0.29, 0.717) is 32.9 Å². The number of hydrogen-bond acceptors (Lipinski definition) is 4. The number of hydrogen-bond donors (Lipinski definition) is 2. The van der Waals surface area contributed by atoms with Crippen LogP contribution in [0, 0.1) is 5.92 Å². The molecular formula is C19H15Cl2N5O. The van der Waals surface area contributed by atoms with Crippen LogP contribution in [0.25, 0.3) is 0 Å². The number of aromatic nitrogens is 3. The topological polar surface area (TPSA) is 71.8 Å². The van der Waals surface area contributed by atoms with E-state index >= 15 is 0 Å². The highest BCUT2D eigenvalue weighted by atomic mass is 35.5. The van der Waals surface area contributed by atoms with Gasteiger partial charge >= 0.3 is 0 Å². The van der Waals surface area contributed by atoms with Gasteiger partial charge in [0.05, 0.1) is 6.04 Å². The van der Waals surface area contributed by atoms with E-state index in [1.807, 2.05) is 30.3 Å². The molecule has 3 aromatic rings. The van der Waals surface area contributed by atoms with Gasteiger partial charge in [-0.1, -0.05) is 54.0 Å². The molecule has 1 aromatic heterocycles. The van der Waals surface area contributed by atoms with Crippen LogP contribution in [0.1, 0.15) is 11.6 Å². The Morgan fingerprint density at radius 3 is 2.70 bits per heavy atom. The first kappa shape index (κ1) is 17.6. The van der Waals surface area contributed by atoms with Crippen molar-refractivity contribution in [3.05, 3.63) is 82.7 Å². The maximum atomic E-state index is 13.1. The van der Waals surface area contributed by atoms with Crippen molar-refractivity contribution in [3.8, 4) is 0 Å². The van der Waals surface area contributed by atoms with Crippen LogP contribution in [0.5, 0.6) is 0 Å². The highest BCUT2D eigenvalue weighted by Crippen LogP contribution is 2.40. The van der Waals surface area contributed by atoms with Gasteiger partial charge in [0.1, 0.15) is 12.2 Å². The molecule has 0 bridgehead atoms. The van der Waals surface area contributed by atoms with E-state index in [0.717, 1.165) is 0 Å². The van der Waals surface area contributed by atoms with Crippen molar-refractivity contribution in [3.63, 3.8) is 0 Å². The second-order valence-corrected chi connectivity index (χ2v) is 6.97. The number of nitrogens with zero attached hydrogens (tertiary/aromatic N) is 3. The third-order valence-electron chi connectivity index (χ3n) is 4.41. The van der Waals surface area contributed by atoms with Crippen molar-refractivity contribution >= 4 is 40.7 Å². The Morgan fingerprint density at radius 1 is 1.19 bits per heavy atom. The van der Waals surface area contributed by atoms with E-state index in [1.54, 1.807) is 22.9 Å². The molecule has 2 heterocycles. The van der Waals surface area contributed by atoms with Gasteiger partial charge in [0.25, 0.3) is 0 Å². The number of amides is 1. The van der Waals surface area contributed by atoms with Gasteiger partial charge in [-0.3, -0.25) is 4.79 Å². The Kier molecular flexibility index (Phi) is 4.59. The summed E-state index contributed by atoms with van der Waals surface area (Å²) in [6.45, 7) is 4.04. The molecule has 0 spiro atoms. The van der Waals surface area contributed by atoms with Crippen LogP contribution in [-0.2, 0) is 4.79 Å². The molecule has 0 saturated heterocycles. The van der Waals surface area contributed by atoms with E-state index in [9.17, 15) is 4.79 Å². The summed E-state index contributed by atoms with van der Waals surface area (Å²) in [5, 5.41) is 11.2. The zero-order valence-electron chi connectivity index (χ0n) is 14.1. The molecule has 0 aliphatic carbocycles. The number of benzene rings is 2. The van der Waals surface area contributed by atoms with Crippen LogP contribution in [0.2, 0.25) is 10.0 Å². The molecular weight excluding hydrogens is 385 g/mol. The average Bonchev–Trinajstić information content (AvgIpc) is 3.09. The molecule has 2 unspecified atom stereocenters. The lowest BCUT2D eigenvalue weighted by molar-refractivity contribution is -0.119. The summed E-state index contributed by atoms with van der Waals surface area (Å²) in [5.41, 5.74) is 1.92. The molecule has 2 atom stereocenters. The Morgan fingerprint density at radius 2 is 1.96 bits per heavy atom. The normalized spacial score (nSPS) is 18.5. The summed E-state index contributed by atoms with van der Waals surface area (Å²) in [7, 11) is 0. The summed E-state index contributed by atoms with van der Waals surface area (Å²) in [5.74, 6) is -0.381. The van der Waals surface area contributed by atoms with Crippen molar-refractivity contribution in [2.24, 2.45) is 5.92 Å². The zero-order chi connectivity index (χ0) is 19.0. The van der Waals surface area contributed by atoms with Crippen molar-refractivity contribution in [1.29, 1.82) is 0 Å². The van der Waals surface area contributed by atoms with Crippen LogP contribution in [-0.4, -0.2) is 20.7 Å². The lowest BCUT2D eigenvalue weighted by Crippen LogP contribution is -2.39. The fraction of sp³-hybridized carbons (Fsp3) is 0.105. The molecule has 27 heavy (non-hydrogen) atoms. The number of fused-ring (bicyclic) bond motifs is 1. The number of halogens is 2. The predicted molar refractivity (Wildman–Crippen MR) is 106 cm³/mol. The predicted octanol–water partition coefficient (Wildman–Crippen LogP) is 4.37. The second kappa shape index (κ2) is 7.06. The number of para-hydroxylation sites is 1. The van der Waals surface area contributed by atoms with Gasteiger partial charge in [0, 0.05) is 21.4 Å². The van der Waals surface area contributed by atoms with Crippen molar-refractivity contribution in [2.45, 2.75) is 6.04 Å². The van der Waals surface area contributed by atoms with Crippen LogP contribution in [0.15, 0.2) is 67.1 Å². The Labute approximate surface area is 165 Å². The molecule has 136 valence electrons. The molecule has 1 aliphatic heterocycles. The molecule has 0 radical (unpaired) electrons. The molecule has 4 rings (SSSR count). The van der Waals surface area contributed by atoms with Gasteiger partial charge in [-0.2, -0.15) is 10.1 Å². The first-order valence-corrected chi connectivity index (χ1v) is 8.96. The fourth-order valence-corrected chi connectivity index (χ4v) is 3.71. The van der Waals surface area contributed by atoms with Gasteiger partial charge < -0.3 is 10.6 Å². The third-order valence-corrected chi connectivity index (χ3v) is 4.97. The maximum absolute atomic E-state index is 13.1. The van der Waals surface area contributed by atoms with E-state index < -0.39 is 12.0 Å². The van der Waals surface area contributed by atoms with Crippen molar-refractivity contribution in [1.82, 2.24) is 14.8 Å². The quantitative estimate of drug-likeness (QED) is 0.685. The fourth-order valence-electron chi connectivity index (χ4n) is 3.19. The number of carbonyl (C=O) groups is 1. The highest BCUT2D eigenvalue weighted by molar-refractivity contribution is 6.35. The summed E-state index contributed by atoms with van der Waals surface area (Å²) in [4.78, 5) is 17.3. The number of rotatable bonds is 3. The van der Waals surface area contributed by atoms with Gasteiger partial charge in [0.2, 0.25) is 11.9 Å². The second-order valence-electron chi connectivity index (χ2n) is 6.12. The van der Waals surface area contributed by atoms with Crippen LogP contribution in [0.4, 0.5) is 11.6 Å². The lowest BCUT2D eigenvalue weighted by Gasteiger charge is -2.34. The van der Waals surface area contributed by atoms with Gasteiger partial charge in [-0.25, -0.2) is 4.68 Å². The van der Waals surface area contributed by atoms with Crippen LogP contribution < -0.4 is 10.6 Å². The van der Waals surface area contributed by atoms with Crippen LogP contribution >= 0.6 is 23.2 Å². The SMILES string of the molecule is C=C1Nc2ncnn2C(c2ccc(Cl)cc2Cl)C1C(=O)Nc1ccccc1. The third kappa shape index (κ3) is 3.29. The number of nitrogens with one attached hydrogen (secondary N) is 2. The molecule has 6 nitrogen and oxygen atoms in total. The van der Waals surface area contributed by atoms with Crippen molar-refractivity contribution in [2.75, 3.05) is 10.6 Å². The van der Waals surface area contributed by atoms with Gasteiger partial charge in [-0.05, 0) is 29.8 Å². The minimum absolute atomic E-state index is 0.226. The first-order chi connectivity index (χ1) is 13.0. The summed E-state index contributed by atoms with van der Waals surface area (Å²) < 4.78 is 1.64. The molecule has 2 N–H and O–H groups in total. The minimum atomic E-state index is -0.655. The molecule has 0 fully saturated rings. The summed E-state index contributed by atoms with van der Waals surface area (Å²) >= 11 is 12.5. The highest BCUT2D eigenvalue weighted by Gasteiger charge is 2.40. The van der Waals surface area contributed by atoms with Crippen molar-refractivity contribution < 1.29 is 4.79 Å². The van der Waals surface area contributed by atoms with E-state index in [4.69, 9.17) is 23.2 Å². The Hall–Kier alpha value is -2.83. The zero-order valence-corrected chi connectivity index (χ0v) is 15.6. The summed E-state index contributed by atoms with van der Waals surface area (Å²) in [6.07, 6.45) is 1.42. The molecule has 8 heteroatoms. The lowest BCUT2D eigenvalue weighted by atomic mass is 9.88. The standard InChI is InChI=1S/C19H15Cl2N5O/c1-11-16(18(27)25-13-5-3-2-4-6-13)17(26-19(24-11)22-10-23-26)14-8-7-12(20)9-15(14)21/h2-10,16-17H,1H2,(H,25,27)(H,22,23,24). The monoisotopic (exact) mass is 399 g/mol. The number of carbonyl (C=O) groups excluding carboxylic acids is 1. The average molecular weight is 400 g/mol.